The van der Waals surface area contributed by atoms with E-state index in [-0.39, 0.29) is 35.5 Å². The number of likely N-dealkylation sites (tertiary alicyclic amines) is 1. The number of thioether (sulfide) groups is 1. The van der Waals surface area contributed by atoms with Crippen molar-refractivity contribution < 1.29 is 19.5 Å². The second-order valence-corrected chi connectivity index (χ2v) is 12.5. The minimum atomic E-state index is -0.880. The Balaban J connectivity index is 1.69. The van der Waals surface area contributed by atoms with Crippen molar-refractivity contribution in [3.05, 3.63) is 53.6 Å². The summed E-state index contributed by atoms with van der Waals surface area (Å²) >= 11 is 1.58. The highest BCUT2D eigenvalue weighted by Crippen LogP contribution is 2.61. The minimum Gasteiger partial charge on any atom is -0.394 e. The van der Waals surface area contributed by atoms with Crippen LogP contribution in [-0.2, 0) is 14.4 Å². The van der Waals surface area contributed by atoms with Crippen LogP contribution < -0.4 is 4.90 Å². The fourth-order valence-corrected chi connectivity index (χ4v) is 8.59. The summed E-state index contributed by atoms with van der Waals surface area (Å²) in [6, 6.07) is 4.75. The highest BCUT2D eigenvalue weighted by Gasteiger charge is 2.71. The van der Waals surface area contributed by atoms with Gasteiger partial charge >= 0.3 is 0 Å². The van der Waals surface area contributed by atoms with Crippen molar-refractivity contribution in [2.24, 2.45) is 17.8 Å². The van der Waals surface area contributed by atoms with E-state index in [0.717, 1.165) is 23.2 Å². The number of anilines is 1. The second kappa shape index (κ2) is 9.62. The van der Waals surface area contributed by atoms with E-state index >= 15 is 0 Å². The molecule has 0 radical (unpaired) electrons. The average Bonchev–Trinajstić information content (AvgIpc) is 3.20. The van der Waals surface area contributed by atoms with Gasteiger partial charge in [0.05, 0.1) is 29.2 Å². The first-order valence-electron chi connectivity index (χ1n) is 13.2. The number of aryl methyl sites for hydroxylation is 2. The molecule has 0 saturated carbocycles. The average molecular weight is 524 g/mol. The lowest BCUT2D eigenvalue weighted by atomic mass is 9.78. The monoisotopic (exact) mass is 523 g/mol. The molecule has 1 aromatic rings. The molecule has 2 fully saturated rings. The molecule has 37 heavy (non-hydrogen) atoms. The van der Waals surface area contributed by atoms with Crippen molar-refractivity contribution in [2.45, 2.75) is 56.2 Å². The van der Waals surface area contributed by atoms with E-state index < -0.39 is 28.7 Å². The van der Waals surface area contributed by atoms with Crippen LogP contribution in [-0.4, -0.2) is 81.5 Å². The Bertz CT molecular complexity index is 1180. The van der Waals surface area contributed by atoms with Crippen LogP contribution in [0.25, 0.3) is 0 Å². The van der Waals surface area contributed by atoms with Gasteiger partial charge in [0.1, 0.15) is 6.04 Å². The highest BCUT2D eigenvalue weighted by molar-refractivity contribution is 8.02. The number of fused-ring (bicyclic) bond motifs is 2. The standard InChI is InChI=1S/C29H37N3O4S/c1-6-18(3)21(16-33)32-25-28(36)31(20-15-17(2)10-11-19(20)4)14-8-12-29(25)24(27(32)35)23-22(37-29)9-7-13-30(5)26(23)34/h7-12,15,18,21-25,33H,6,13-14,16H2,1-5H3/t18-,21-,22-,23+,24-,25?,29-/m0/s1. The van der Waals surface area contributed by atoms with Crippen molar-refractivity contribution in [1.82, 2.24) is 9.80 Å². The maximum absolute atomic E-state index is 14.6. The van der Waals surface area contributed by atoms with Crippen molar-refractivity contribution in [3.63, 3.8) is 0 Å². The fraction of sp³-hybridized carbons (Fsp3) is 0.552. The van der Waals surface area contributed by atoms with Gasteiger partial charge in [0, 0.05) is 31.1 Å². The van der Waals surface area contributed by atoms with Crippen molar-refractivity contribution in [1.29, 1.82) is 0 Å². The van der Waals surface area contributed by atoms with Crippen molar-refractivity contribution in [2.75, 3.05) is 31.6 Å². The van der Waals surface area contributed by atoms with Gasteiger partial charge in [0.25, 0.3) is 5.91 Å². The molecule has 1 spiro atoms. The van der Waals surface area contributed by atoms with Gasteiger partial charge in [-0.15, -0.1) is 11.8 Å². The number of hydrogen-bond donors (Lipinski definition) is 1. The van der Waals surface area contributed by atoms with E-state index in [4.69, 9.17) is 0 Å². The van der Waals surface area contributed by atoms with Crippen LogP contribution in [0.5, 0.6) is 0 Å². The van der Waals surface area contributed by atoms with Crippen LogP contribution >= 0.6 is 11.8 Å². The van der Waals surface area contributed by atoms with Gasteiger partial charge in [-0.2, -0.15) is 0 Å². The summed E-state index contributed by atoms with van der Waals surface area (Å²) in [5.74, 6) is -1.62. The molecule has 0 aliphatic carbocycles. The molecule has 5 rings (SSSR count). The topological polar surface area (TPSA) is 81.2 Å². The first kappa shape index (κ1) is 26.0. The molecular formula is C29H37N3O4S. The molecule has 4 aliphatic rings. The molecule has 1 aromatic carbocycles. The number of nitrogens with zero attached hydrogens (tertiary/aromatic N) is 3. The van der Waals surface area contributed by atoms with Gasteiger partial charge in [0.2, 0.25) is 11.8 Å². The Hall–Kier alpha value is -2.58. The van der Waals surface area contributed by atoms with Gasteiger partial charge in [-0.3, -0.25) is 14.4 Å². The third-order valence-corrected chi connectivity index (χ3v) is 10.5. The third kappa shape index (κ3) is 3.86. The molecule has 198 valence electrons. The number of rotatable bonds is 5. The van der Waals surface area contributed by atoms with E-state index in [0.29, 0.717) is 13.1 Å². The SMILES string of the molecule is CC[C@H](C)[C@H](CO)N1C(=O)[C@@H]2[C@@H]3C(=O)N(C)CC=C[C@@H]3S[C@@]23C=CCN(c2cc(C)ccc2C)C(=O)C13. The largest absolute Gasteiger partial charge is 0.394 e. The van der Waals surface area contributed by atoms with Crippen LogP contribution in [0.3, 0.4) is 0 Å². The number of likely N-dealkylation sites (N-methyl/N-ethyl adjacent to an activating group) is 1. The van der Waals surface area contributed by atoms with E-state index in [2.05, 4.69) is 0 Å². The number of aliphatic hydroxyl groups excluding tert-OH is 1. The zero-order valence-corrected chi connectivity index (χ0v) is 23.1. The Kier molecular flexibility index (Phi) is 6.77. The molecule has 0 aromatic heterocycles. The number of benzene rings is 1. The quantitative estimate of drug-likeness (QED) is 0.601. The molecule has 4 heterocycles. The summed E-state index contributed by atoms with van der Waals surface area (Å²) < 4.78 is -0.880. The van der Waals surface area contributed by atoms with Gasteiger partial charge < -0.3 is 19.8 Å². The number of hydrogen-bond acceptors (Lipinski definition) is 5. The number of carbonyl (C=O) groups is 3. The van der Waals surface area contributed by atoms with E-state index in [1.807, 2.05) is 70.2 Å². The normalized spacial score (nSPS) is 32.7. The molecular weight excluding hydrogens is 486 g/mol. The molecule has 4 aliphatic heterocycles. The zero-order valence-electron chi connectivity index (χ0n) is 22.3. The van der Waals surface area contributed by atoms with E-state index in [1.54, 1.807) is 33.5 Å². The van der Waals surface area contributed by atoms with Crippen LogP contribution in [0.15, 0.2) is 42.5 Å². The number of amides is 3. The third-order valence-electron chi connectivity index (χ3n) is 8.80. The van der Waals surface area contributed by atoms with Gasteiger partial charge in [-0.05, 0) is 37.0 Å². The number of carbonyl (C=O) groups excluding carboxylic acids is 3. The molecule has 3 amide bonds. The van der Waals surface area contributed by atoms with Gasteiger partial charge in [-0.1, -0.05) is 56.7 Å². The van der Waals surface area contributed by atoms with Crippen LogP contribution in [0.2, 0.25) is 0 Å². The van der Waals surface area contributed by atoms with E-state index in [9.17, 15) is 19.5 Å². The van der Waals surface area contributed by atoms with Crippen LogP contribution in [0.4, 0.5) is 5.69 Å². The predicted molar refractivity (Wildman–Crippen MR) is 146 cm³/mol. The fourth-order valence-electron chi connectivity index (χ4n) is 6.60. The Morgan fingerprint density at radius 2 is 1.86 bits per heavy atom. The molecule has 7 atom stereocenters. The summed E-state index contributed by atoms with van der Waals surface area (Å²) in [7, 11) is 1.77. The van der Waals surface area contributed by atoms with Crippen molar-refractivity contribution in [3.8, 4) is 0 Å². The highest BCUT2D eigenvalue weighted by atomic mass is 32.2. The van der Waals surface area contributed by atoms with Crippen molar-refractivity contribution >= 4 is 35.2 Å². The van der Waals surface area contributed by atoms with Gasteiger partial charge in [0.15, 0.2) is 0 Å². The maximum atomic E-state index is 14.6. The van der Waals surface area contributed by atoms with E-state index in [1.165, 1.54) is 0 Å². The number of aliphatic hydroxyl groups is 1. The molecule has 0 bridgehead atoms. The molecule has 1 N–H and O–H groups in total. The molecule has 2 saturated heterocycles. The van der Waals surface area contributed by atoms with Gasteiger partial charge in [-0.25, -0.2) is 0 Å². The Morgan fingerprint density at radius 3 is 2.57 bits per heavy atom. The smallest absolute Gasteiger partial charge is 0.251 e. The Labute approximate surface area is 223 Å². The predicted octanol–water partition coefficient (Wildman–Crippen LogP) is 2.94. The Morgan fingerprint density at radius 1 is 1.11 bits per heavy atom. The lowest BCUT2D eigenvalue weighted by Crippen LogP contribution is -2.58. The summed E-state index contributed by atoms with van der Waals surface area (Å²) in [6.07, 6.45) is 8.83. The summed E-state index contributed by atoms with van der Waals surface area (Å²) in [5, 5.41) is 10.3. The lowest BCUT2D eigenvalue weighted by Gasteiger charge is -2.40. The molecule has 8 heteroatoms. The first-order valence-corrected chi connectivity index (χ1v) is 14.1. The molecule has 1 unspecified atom stereocenters. The summed E-state index contributed by atoms with van der Waals surface area (Å²) in [6.45, 7) is 8.71. The summed E-state index contributed by atoms with van der Waals surface area (Å²) in [4.78, 5) is 47.7. The van der Waals surface area contributed by atoms with Crippen LogP contribution in [0, 0.1) is 31.6 Å². The van der Waals surface area contributed by atoms with Crippen LogP contribution in [0.1, 0.15) is 31.4 Å². The maximum Gasteiger partial charge on any atom is 0.251 e. The minimum absolute atomic E-state index is 0.00721. The molecule has 7 nitrogen and oxygen atoms in total. The summed E-state index contributed by atoms with van der Waals surface area (Å²) in [5.41, 5.74) is 2.87. The first-order chi connectivity index (χ1) is 17.7. The zero-order chi connectivity index (χ0) is 26.6. The lowest BCUT2D eigenvalue weighted by molar-refractivity contribution is -0.145. The second-order valence-electron chi connectivity index (χ2n) is 11.0.